The molecule has 158 valence electrons. The number of ether oxygens (including phenoxy) is 1. The molecular weight excluding hydrogens is 398 g/mol. The normalized spacial score (nSPS) is 18.1. The highest BCUT2D eigenvalue weighted by atomic mass is 32.2. The van der Waals surface area contributed by atoms with Gasteiger partial charge in [0.2, 0.25) is 5.76 Å². The van der Waals surface area contributed by atoms with E-state index in [9.17, 15) is 18.0 Å². The van der Waals surface area contributed by atoms with E-state index in [2.05, 4.69) is 5.10 Å². The summed E-state index contributed by atoms with van der Waals surface area (Å²) in [7, 11) is -3.13. The van der Waals surface area contributed by atoms with Crippen LogP contribution in [0.15, 0.2) is 35.0 Å². The molecule has 0 saturated carbocycles. The van der Waals surface area contributed by atoms with Crippen LogP contribution in [0.25, 0.3) is 0 Å². The molecule has 2 aromatic rings. The SMILES string of the molecule is CC(C)CN(C(=O)COC(=O)c1ccc(Cn2cccn2)o1)C1CCS(=O)(=O)C1. The van der Waals surface area contributed by atoms with Crippen LogP contribution in [-0.4, -0.2) is 65.7 Å². The van der Waals surface area contributed by atoms with E-state index in [1.54, 1.807) is 29.2 Å². The average molecular weight is 423 g/mol. The van der Waals surface area contributed by atoms with E-state index >= 15 is 0 Å². The summed E-state index contributed by atoms with van der Waals surface area (Å²) in [6.07, 6.45) is 3.82. The van der Waals surface area contributed by atoms with E-state index < -0.39 is 28.3 Å². The van der Waals surface area contributed by atoms with Gasteiger partial charge in [0.1, 0.15) is 5.76 Å². The zero-order valence-corrected chi connectivity index (χ0v) is 17.3. The summed E-state index contributed by atoms with van der Waals surface area (Å²) in [4.78, 5) is 26.4. The number of hydrogen-bond acceptors (Lipinski definition) is 7. The van der Waals surface area contributed by atoms with Crippen LogP contribution in [0.3, 0.4) is 0 Å². The minimum Gasteiger partial charge on any atom is -0.452 e. The second-order valence-corrected chi connectivity index (χ2v) is 9.77. The Morgan fingerprint density at radius 2 is 2.17 bits per heavy atom. The molecule has 1 aliphatic heterocycles. The van der Waals surface area contributed by atoms with Crippen LogP contribution in [0.2, 0.25) is 0 Å². The van der Waals surface area contributed by atoms with Crippen molar-refractivity contribution in [2.45, 2.75) is 32.9 Å². The summed E-state index contributed by atoms with van der Waals surface area (Å²) in [6, 6.07) is 4.54. The zero-order chi connectivity index (χ0) is 21.0. The van der Waals surface area contributed by atoms with Crippen molar-refractivity contribution in [1.29, 1.82) is 0 Å². The van der Waals surface area contributed by atoms with E-state index in [-0.39, 0.29) is 29.2 Å². The van der Waals surface area contributed by atoms with E-state index in [1.807, 2.05) is 13.8 Å². The number of esters is 1. The molecule has 10 heteroatoms. The molecule has 29 heavy (non-hydrogen) atoms. The number of nitrogens with zero attached hydrogens (tertiary/aromatic N) is 3. The fraction of sp³-hybridized carbons (Fsp3) is 0.526. The van der Waals surface area contributed by atoms with E-state index in [4.69, 9.17) is 9.15 Å². The number of rotatable bonds is 8. The minimum absolute atomic E-state index is 0.00110. The van der Waals surface area contributed by atoms with Crippen LogP contribution < -0.4 is 0 Å². The third-order valence-electron chi connectivity index (χ3n) is 4.60. The van der Waals surface area contributed by atoms with E-state index in [1.165, 1.54) is 11.0 Å². The third kappa shape index (κ3) is 5.69. The van der Waals surface area contributed by atoms with Crippen LogP contribution in [0.5, 0.6) is 0 Å². The highest BCUT2D eigenvalue weighted by Gasteiger charge is 2.35. The lowest BCUT2D eigenvalue weighted by Gasteiger charge is -2.29. The number of sulfone groups is 1. The first-order valence-electron chi connectivity index (χ1n) is 9.46. The van der Waals surface area contributed by atoms with Gasteiger partial charge in [-0.25, -0.2) is 13.2 Å². The maximum absolute atomic E-state index is 12.6. The van der Waals surface area contributed by atoms with Crippen LogP contribution >= 0.6 is 0 Å². The second-order valence-electron chi connectivity index (χ2n) is 7.54. The summed E-state index contributed by atoms with van der Waals surface area (Å²) in [5.74, 6) is -0.429. The largest absolute Gasteiger partial charge is 0.452 e. The number of furan rings is 1. The fourth-order valence-corrected chi connectivity index (χ4v) is 5.01. The maximum atomic E-state index is 12.6. The smallest absolute Gasteiger partial charge is 0.374 e. The van der Waals surface area contributed by atoms with E-state index in [0.717, 1.165) is 0 Å². The number of amides is 1. The molecule has 1 fully saturated rings. The Morgan fingerprint density at radius 3 is 2.79 bits per heavy atom. The Morgan fingerprint density at radius 1 is 1.38 bits per heavy atom. The maximum Gasteiger partial charge on any atom is 0.374 e. The van der Waals surface area contributed by atoms with Gasteiger partial charge in [-0.3, -0.25) is 9.48 Å². The second kappa shape index (κ2) is 8.81. The molecule has 2 aromatic heterocycles. The molecule has 3 heterocycles. The Bertz CT molecular complexity index is 949. The third-order valence-corrected chi connectivity index (χ3v) is 6.35. The van der Waals surface area contributed by atoms with Gasteiger partial charge in [0.25, 0.3) is 5.91 Å². The Hall–Kier alpha value is -2.62. The van der Waals surface area contributed by atoms with Crippen molar-refractivity contribution in [2.24, 2.45) is 5.92 Å². The molecule has 9 nitrogen and oxygen atoms in total. The Labute approximate surface area is 169 Å². The molecule has 0 radical (unpaired) electrons. The lowest BCUT2D eigenvalue weighted by atomic mass is 10.1. The van der Waals surface area contributed by atoms with Crippen molar-refractivity contribution < 1.29 is 27.2 Å². The number of hydrogen-bond donors (Lipinski definition) is 0. The predicted molar refractivity (Wildman–Crippen MR) is 104 cm³/mol. The monoisotopic (exact) mass is 423 g/mol. The van der Waals surface area contributed by atoms with Gasteiger partial charge in [-0.05, 0) is 30.5 Å². The molecular formula is C19H25N3O6S. The van der Waals surface area contributed by atoms with Crippen LogP contribution in [-0.2, 0) is 25.9 Å². The van der Waals surface area contributed by atoms with Crippen molar-refractivity contribution in [3.63, 3.8) is 0 Å². The van der Waals surface area contributed by atoms with Crippen molar-refractivity contribution in [2.75, 3.05) is 24.7 Å². The quantitative estimate of drug-likeness (QED) is 0.589. The van der Waals surface area contributed by atoms with Gasteiger partial charge in [-0.1, -0.05) is 13.8 Å². The summed E-state index contributed by atoms with van der Waals surface area (Å²) in [5.41, 5.74) is 0. The van der Waals surface area contributed by atoms with Gasteiger partial charge < -0.3 is 14.1 Å². The van der Waals surface area contributed by atoms with Gasteiger partial charge in [0.05, 0.1) is 18.1 Å². The summed E-state index contributed by atoms with van der Waals surface area (Å²) in [5, 5.41) is 4.06. The van der Waals surface area contributed by atoms with Crippen molar-refractivity contribution in [1.82, 2.24) is 14.7 Å². The molecule has 0 aromatic carbocycles. The Balaban J connectivity index is 1.57. The Kier molecular flexibility index (Phi) is 6.41. The summed E-state index contributed by atoms with van der Waals surface area (Å²) < 4.78 is 35.8. The van der Waals surface area contributed by atoms with E-state index in [0.29, 0.717) is 25.3 Å². The molecule has 1 saturated heterocycles. The van der Waals surface area contributed by atoms with Crippen LogP contribution in [0, 0.1) is 5.92 Å². The van der Waals surface area contributed by atoms with Crippen LogP contribution in [0.1, 0.15) is 36.6 Å². The molecule has 3 rings (SSSR count). The number of aromatic nitrogens is 2. The van der Waals surface area contributed by atoms with Crippen molar-refractivity contribution in [3.05, 3.63) is 42.1 Å². The summed E-state index contributed by atoms with van der Waals surface area (Å²) >= 11 is 0. The zero-order valence-electron chi connectivity index (χ0n) is 16.5. The molecule has 1 aliphatic rings. The lowest BCUT2D eigenvalue weighted by molar-refractivity contribution is -0.137. The van der Waals surface area contributed by atoms with Crippen molar-refractivity contribution >= 4 is 21.7 Å². The van der Waals surface area contributed by atoms with Gasteiger partial charge in [-0.15, -0.1) is 0 Å². The fourth-order valence-electron chi connectivity index (χ4n) is 3.28. The molecule has 0 N–H and O–H groups in total. The standard InChI is InChI=1S/C19H25N3O6S/c1-14(2)10-22(15-6-9-29(25,26)13-15)18(23)12-27-19(24)17-5-4-16(28-17)11-21-8-3-7-20-21/h3-5,7-8,14-15H,6,9-13H2,1-2H3. The first-order valence-corrected chi connectivity index (χ1v) is 11.3. The topological polar surface area (TPSA) is 112 Å². The molecule has 1 atom stereocenters. The lowest BCUT2D eigenvalue weighted by Crippen LogP contribution is -2.45. The van der Waals surface area contributed by atoms with Gasteiger partial charge >= 0.3 is 5.97 Å². The molecule has 0 bridgehead atoms. The van der Waals surface area contributed by atoms with Gasteiger partial charge in [0.15, 0.2) is 16.4 Å². The highest BCUT2D eigenvalue weighted by Crippen LogP contribution is 2.19. The summed E-state index contributed by atoms with van der Waals surface area (Å²) in [6.45, 7) is 4.21. The first kappa shape index (κ1) is 21.1. The minimum atomic E-state index is -3.13. The molecule has 1 unspecified atom stereocenters. The predicted octanol–water partition coefficient (Wildman–Crippen LogP) is 1.35. The number of carbonyl (C=O) groups excluding carboxylic acids is 2. The average Bonchev–Trinajstić information content (AvgIpc) is 3.39. The van der Waals surface area contributed by atoms with Crippen LogP contribution in [0.4, 0.5) is 0 Å². The van der Waals surface area contributed by atoms with Gasteiger partial charge in [-0.2, -0.15) is 5.10 Å². The number of carbonyl (C=O) groups is 2. The molecule has 1 amide bonds. The van der Waals surface area contributed by atoms with Crippen molar-refractivity contribution in [3.8, 4) is 0 Å². The first-order chi connectivity index (χ1) is 13.7. The molecule has 0 aliphatic carbocycles. The highest BCUT2D eigenvalue weighted by molar-refractivity contribution is 7.91. The van der Waals surface area contributed by atoms with Gasteiger partial charge in [0, 0.05) is 25.0 Å². The molecule has 0 spiro atoms.